The quantitative estimate of drug-likeness (QED) is 0.641. The van der Waals surface area contributed by atoms with Crippen molar-refractivity contribution in [1.82, 2.24) is 4.72 Å². The largest absolute Gasteiger partial charge is 0.497 e. The van der Waals surface area contributed by atoms with E-state index in [1.807, 2.05) is 30.3 Å². The fraction of sp³-hybridized carbons (Fsp3) is 0.0952. The molecule has 0 radical (unpaired) electrons. The molecule has 0 bridgehead atoms. The standard InChI is InChI=1S/C21H20N2O4S/c1-27-19-11-6-10-18(14-19)23-21(24)17-9-5-12-20(13-17)28(25,26)22-15-16-7-3-2-4-8-16/h2-14,22H,15H2,1H3,(H,23,24). The van der Waals surface area contributed by atoms with Gasteiger partial charge in [0.25, 0.3) is 5.91 Å². The fourth-order valence-electron chi connectivity index (χ4n) is 2.57. The Bertz CT molecular complexity index is 1070. The third-order valence-electron chi connectivity index (χ3n) is 4.04. The minimum atomic E-state index is -3.75. The van der Waals surface area contributed by atoms with Crippen molar-refractivity contribution in [3.05, 3.63) is 90.0 Å². The normalized spacial score (nSPS) is 11.0. The second-order valence-corrected chi connectivity index (χ2v) is 7.79. The molecule has 0 fully saturated rings. The summed E-state index contributed by atoms with van der Waals surface area (Å²) >= 11 is 0. The second-order valence-electron chi connectivity index (χ2n) is 6.02. The molecule has 0 unspecified atom stereocenters. The first-order chi connectivity index (χ1) is 13.5. The smallest absolute Gasteiger partial charge is 0.255 e. The number of hydrogen-bond acceptors (Lipinski definition) is 4. The summed E-state index contributed by atoms with van der Waals surface area (Å²) in [7, 11) is -2.21. The molecule has 3 aromatic rings. The Balaban J connectivity index is 1.74. The van der Waals surface area contributed by atoms with Gasteiger partial charge in [0.15, 0.2) is 0 Å². The zero-order chi connectivity index (χ0) is 20.0. The summed E-state index contributed by atoms with van der Waals surface area (Å²) in [4.78, 5) is 12.5. The lowest BCUT2D eigenvalue weighted by Gasteiger charge is -2.10. The average Bonchev–Trinajstić information content (AvgIpc) is 2.73. The van der Waals surface area contributed by atoms with Gasteiger partial charge in [-0.05, 0) is 35.9 Å². The lowest BCUT2D eigenvalue weighted by molar-refractivity contribution is 0.102. The van der Waals surface area contributed by atoms with Gasteiger partial charge in [0.1, 0.15) is 5.75 Å². The highest BCUT2D eigenvalue weighted by Crippen LogP contribution is 2.18. The van der Waals surface area contributed by atoms with Crippen LogP contribution in [0.3, 0.4) is 0 Å². The van der Waals surface area contributed by atoms with Gasteiger partial charge < -0.3 is 10.1 Å². The Kier molecular flexibility index (Phi) is 6.08. The maximum Gasteiger partial charge on any atom is 0.255 e. The number of rotatable bonds is 7. The molecule has 0 aromatic heterocycles. The maximum atomic E-state index is 12.6. The van der Waals surface area contributed by atoms with E-state index in [-0.39, 0.29) is 17.0 Å². The molecule has 0 aliphatic heterocycles. The topological polar surface area (TPSA) is 84.5 Å². The predicted molar refractivity (Wildman–Crippen MR) is 108 cm³/mol. The summed E-state index contributed by atoms with van der Waals surface area (Å²) in [6, 6.07) is 22.0. The van der Waals surface area contributed by atoms with E-state index in [1.54, 1.807) is 30.3 Å². The van der Waals surface area contributed by atoms with E-state index in [0.29, 0.717) is 11.4 Å². The zero-order valence-electron chi connectivity index (χ0n) is 15.3. The first kappa shape index (κ1) is 19.6. The van der Waals surface area contributed by atoms with Gasteiger partial charge in [-0.3, -0.25) is 4.79 Å². The Labute approximate surface area is 164 Å². The molecule has 2 N–H and O–H groups in total. The van der Waals surface area contributed by atoms with Gasteiger partial charge in [0.2, 0.25) is 10.0 Å². The van der Waals surface area contributed by atoms with Gasteiger partial charge in [-0.25, -0.2) is 13.1 Å². The number of amides is 1. The first-order valence-electron chi connectivity index (χ1n) is 8.57. The summed E-state index contributed by atoms with van der Waals surface area (Å²) in [6.07, 6.45) is 0. The number of sulfonamides is 1. The fourth-order valence-corrected chi connectivity index (χ4v) is 3.63. The van der Waals surface area contributed by atoms with Gasteiger partial charge in [-0.15, -0.1) is 0 Å². The molecule has 6 nitrogen and oxygen atoms in total. The minimum absolute atomic E-state index is 0.0294. The van der Waals surface area contributed by atoms with Gasteiger partial charge in [0.05, 0.1) is 12.0 Å². The Morgan fingerprint density at radius 2 is 1.68 bits per heavy atom. The third kappa shape index (κ3) is 4.97. The Morgan fingerprint density at radius 3 is 2.43 bits per heavy atom. The van der Waals surface area contributed by atoms with Crippen LogP contribution in [0.1, 0.15) is 15.9 Å². The first-order valence-corrected chi connectivity index (χ1v) is 10.1. The van der Waals surface area contributed by atoms with Crippen molar-refractivity contribution in [3.63, 3.8) is 0 Å². The molecule has 0 saturated carbocycles. The van der Waals surface area contributed by atoms with Crippen LogP contribution in [0.5, 0.6) is 5.75 Å². The SMILES string of the molecule is COc1cccc(NC(=O)c2cccc(S(=O)(=O)NCc3ccccc3)c2)c1. The summed E-state index contributed by atoms with van der Waals surface area (Å²) in [5.41, 5.74) is 1.64. The molecule has 0 atom stereocenters. The highest BCUT2D eigenvalue weighted by Gasteiger charge is 2.16. The van der Waals surface area contributed by atoms with Crippen molar-refractivity contribution >= 4 is 21.6 Å². The van der Waals surface area contributed by atoms with Crippen LogP contribution in [0.2, 0.25) is 0 Å². The minimum Gasteiger partial charge on any atom is -0.497 e. The van der Waals surface area contributed by atoms with E-state index in [0.717, 1.165) is 5.56 Å². The number of anilines is 1. The van der Waals surface area contributed by atoms with Gasteiger partial charge >= 0.3 is 0 Å². The number of benzene rings is 3. The summed E-state index contributed by atoms with van der Waals surface area (Å²) < 4.78 is 32.8. The van der Waals surface area contributed by atoms with Gasteiger partial charge in [0, 0.05) is 23.9 Å². The average molecular weight is 396 g/mol. The van der Waals surface area contributed by atoms with Crippen molar-refractivity contribution < 1.29 is 17.9 Å². The van der Waals surface area contributed by atoms with E-state index in [2.05, 4.69) is 10.0 Å². The molecule has 3 aromatic carbocycles. The molecular weight excluding hydrogens is 376 g/mol. The molecule has 0 aliphatic rings. The monoisotopic (exact) mass is 396 g/mol. The molecule has 0 saturated heterocycles. The summed E-state index contributed by atoms with van der Waals surface area (Å²) in [5, 5.41) is 2.74. The van der Waals surface area contributed by atoms with Gasteiger partial charge in [-0.2, -0.15) is 0 Å². The van der Waals surface area contributed by atoms with Crippen LogP contribution in [0, 0.1) is 0 Å². The lowest BCUT2D eigenvalue weighted by atomic mass is 10.2. The third-order valence-corrected chi connectivity index (χ3v) is 5.44. The maximum absolute atomic E-state index is 12.6. The number of carbonyl (C=O) groups excluding carboxylic acids is 1. The summed E-state index contributed by atoms with van der Waals surface area (Å²) in [5.74, 6) is 0.201. The highest BCUT2D eigenvalue weighted by molar-refractivity contribution is 7.89. The van der Waals surface area contributed by atoms with Crippen molar-refractivity contribution in [2.75, 3.05) is 12.4 Å². The summed E-state index contributed by atoms with van der Waals surface area (Å²) in [6.45, 7) is 0.170. The molecule has 0 aliphatic carbocycles. The molecule has 1 amide bonds. The van der Waals surface area contributed by atoms with Gasteiger partial charge in [-0.1, -0.05) is 42.5 Å². The number of methoxy groups -OCH3 is 1. The zero-order valence-corrected chi connectivity index (χ0v) is 16.1. The van der Waals surface area contributed by atoms with Crippen LogP contribution in [0.25, 0.3) is 0 Å². The lowest BCUT2D eigenvalue weighted by Crippen LogP contribution is -2.23. The number of ether oxygens (including phenoxy) is 1. The highest BCUT2D eigenvalue weighted by atomic mass is 32.2. The van der Waals surface area contributed by atoms with E-state index in [9.17, 15) is 13.2 Å². The van der Waals surface area contributed by atoms with Crippen LogP contribution >= 0.6 is 0 Å². The van der Waals surface area contributed by atoms with Crippen LogP contribution in [0.4, 0.5) is 5.69 Å². The molecular formula is C21H20N2O4S. The number of carbonyl (C=O) groups is 1. The van der Waals surface area contributed by atoms with E-state index in [1.165, 1.54) is 25.3 Å². The van der Waals surface area contributed by atoms with Crippen LogP contribution < -0.4 is 14.8 Å². The van der Waals surface area contributed by atoms with Crippen LogP contribution in [-0.4, -0.2) is 21.4 Å². The molecule has 0 spiro atoms. The molecule has 7 heteroatoms. The number of nitrogens with one attached hydrogen (secondary N) is 2. The van der Waals surface area contributed by atoms with Crippen LogP contribution in [0.15, 0.2) is 83.8 Å². The Morgan fingerprint density at radius 1 is 0.929 bits per heavy atom. The molecule has 0 heterocycles. The van der Waals surface area contributed by atoms with Crippen LogP contribution in [-0.2, 0) is 16.6 Å². The van der Waals surface area contributed by atoms with Crippen molar-refractivity contribution in [2.24, 2.45) is 0 Å². The van der Waals surface area contributed by atoms with E-state index < -0.39 is 15.9 Å². The second kappa shape index (κ2) is 8.69. The molecule has 3 rings (SSSR count). The van der Waals surface area contributed by atoms with Crippen molar-refractivity contribution in [3.8, 4) is 5.75 Å². The molecule has 144 valence electrons. The van der Waals surface area contributed by atoms with Crippen molar-refractivity contribution in [1.29, 1.82) is 0 Å². The predicted octanol–water partition coefficient (Wildman–Crippen LogP) is 3.43. The van der Waals surface area contributed by atoms with Crippen molar-refractivity contribution in [2.45, 2.75) is 11.4 Å². The Hall–Kier alpha value is -3.16. The number of hydrogen-bond donors (Lipinski definition) is 2. The molecule has 28 heavy (non-hydrogen) atoms. The van der Waals surface area contributed by atoms with E-state index in [4.69, 9.17) is 4.74 Å². The van der Waals surface area contributed by atoms with E-state index >= 15 is 0 Å².